The number of nitrogens with zero attached hydrogens (tertiary/aromatic N) is 1. The van der Waals surface area contributed by atoms with Crippen LogP contribution in [0.1, 0.15) is 232 Å². The average molecular weight is 1290 g/mol. The van der Waals surface area contributed by atoms with Crippen molar-refractivity contribution in [3.63, 3.8) is 0 Å². The molecule has 0 bridgehead atoms. The lowest BCUT2D eigenvalue weighted by atomic mass is 10.1. The fraction of sp³-hybridized carbons (Fsp3) is 0.537. The molecule has 0 aliphatic rings. The molecule has 10 heteroatoms. The maximum Gasteiger partial charge on any atom is 0.306 e. The molecule has 0 amide bonds. The fourth-order valence-corrected chi connectivity index (χ4v) is 9.37. The van der Waals surface area contributed by atoms with Gasteiger partial charge in [-0.3, -0.25) is 14.2 Å². The largest absolute Gasteiger partial charge is 0.756 e. The first-order chi connectivity index (χ1) is 45.0. The number of likely N-dealkylation sites (N-methyl/N-ethyl adjacent to an activating group) is 1. The molecule has 2 unspecified atom stereocenters. The van der Waals surface area contributed by atoms with Gasteiger partial charge in [-0.15, -0.1) is 0 Å². The molecule has 0 spiro atoms. The second-order valence-corrected chi connectivity index (χ2v) is 25.2. The first-order valence-electron chi connectivity index (χ1n) is 35.4. The first kappa shape index (κ1) is 86.3. The van der Waals surface area contributed by atoms with E-state index in [-0.39, 0.29) is 26.1 Å². The SMILES string of the molecule is CC/C=C\C/C=C\C/C=C\C/C=C\C/C=C\C/C=C\C/C=C\C/C=C\C/C=C\CCCCCCCCCCCC(=O)OC(COC(=O)CCCCC/C=C\C/C=C\C/C=C\C/C=C\C/C=C\C/C=C\C/C=C\C/C=C\C/C=C\CC)COP(=O)([O-])OCC[N+](C)(C)C. The lowest BCUT2D eigenvalue weighted by molar-refractivity contribution is -0.870. The van der Waals surface area contributed by atoms with E-state index in [9.17, 15) is 19.0 Å². The Morgan fingerprint density at radius 3 is 0.880 bits per heavy atom. The van der Waals surface area contributed by atoms with Crippen LogP contribution in [-0.2, 0) is 32.7 Å². The average Bonchev–Trinajstić information content (AvgIpc) is 2.34. The molecule has 0 aliphatic heterocycles. The third-order valence-corrected chi connectivity index (χ3v) is 15.0. The Hall–Kier alpha value is -5.67. The van der Waals surface area contributed by atoms with Crippen LogP contribution in [0.2, 0.25) is 0 Å². The van der Waals surface area contributed by atoms with Crippen molar-refractivity contribution in [3.05, 3.63) is 219 Å². The van der Waals surface area contributed by atoms with Gasteiger partial charge in [-0.2, -0.15) is 0 Å². The summed E-state index contributed by atoms with van der Waals surface area (Å²) >= 11 is 0. The Morgan fingerprint density at radius 1 is 0.337 bits per heavy atom. The van der Waals surface area contributed by atoms with E-state index < -0.39 is 32.5 Å². The van der Waals surface area contributed by atoms with Gasteiger partial charge in [0.25, 0.3) is 7.82 Å². The summed E-state index contributed by atoms with van der Waals surface area (Å²) in [6.07, 6.45) is 111. The Bertz CT molecular complexity index is 2360. The molecule has 9 nitrogen and oxygen atoms in total. The van der Waals surface area contributed by atoms with Gasteiger partial charge in [0.1, 0.15) is 19.8 Å². The number of allylic oxidation sites excluding steroid dienone is 36. The van der Waals surface area contributed by atoms with Crippen LogP contribution < -0.4 is 4.89 Å². The van der Waals surface area contributed by atoms with Gasteiger partial charge in [0.2, 0.25) is 0 Å². The maximum absolute atomic E-state index is 12.9. The van der Waals surface area contributed by atoms with Gasteiger partial charge in [-0.1, -0.05) is 284 Å². The normalized spacial score (nSPS) is 14.5. The molecule has 0 aromatic heterocycles. The second kappa shape index (κ2) is 69.7. The minimum absolute atomic E-state index is 0.0505. The molecular weight excluding hydrogens is 1160 g/mol. The molecule has 514 valence electrons. The second-order valence-electron chi connectivity index (χ2n) is 23.8. The van der Waals surface area contributed by atoms with E-state index in [4.69, 9.17) is 18.5 Å². The van der Waals surface area contributed by atoms with Gasteiger partial charge >= 0.3 is 11.9 Å². The Morgan fingerprint density at radius 2 is 0.587 bits per heavy atom. The summed E-state index contributed by atoms with van der Waals surface area (Å²) in [5.74, 6) is -0.897. The summed E-state index contributed by atoms with van der Waals surface area (Å²) in [4.78, 5) is 38.1. The van der Waals surface area contributed by atoms with Crippen LogP contribution in [0.25, 0.3) is 0 Å². The van der Waals surface area contributed by atoms with Crippen LogP contribution in [0.5, 0.6) is 0 Å². The molecule has 92 heavy (non-hydrogen) atoms. The smallest absolute Gasteiger partial charge is 0.306 e. The van der Waals surface area contributed by atoms with Crippen molar-refractivity contribution in [2.75, 3.05) is 47.5 Å². The Balaban J connectivity index is 4.22. The highest BCUT2D eigenvalue weighted by Crippen LogP contribution is 2.38. The van der Waals surface area contributed by atoms with E-state index in [1.807, 2.05) is 21.1 Å². The molecule has 0 fully saturated rings. The number of rotatable bonds is 62. The number of ether oxygens (including phenoxy) is 2. The number of hydrogen-bond donors (Lipinski definition) is 0. The monoisotopic (exact) mass is 1290 g/mol. The van der Waals surface area contributed by atoms with Gasteiger partial charge in [0.05, 0.1) is 27.7 Å². The molecule has 0 heterocycles. The molecule has 0 aromatic carbocycles. The Labute approximate surface area is 563 Å². The number of carbonyl (C=O) groups is 2. The van der Waals surface area contributed by atoms with Gasteiger partial charge in [-0.05, 0) is 154 Å². The third-order valence-electron chi connectivity index (χ3n) is 14.0. The van der Waals surface area contributed by atoms with Gasteiger partial charge in [0, 0.05) is 12.8 Å². The number of esters is 2. The van der Waals surface area contributed by atoms with Crippen molar-refractivity contribution in [2.24, 2.45) is 0 Å². The number of hydrogen-bond acceptors (Lipinski definition) is 8. The molecule has 0 N–H and O–H groups in total. The number of carbonyl (C=O) groups excluding carboxylic acids is 2. The zero-order chi connectivity index (χ0) is 66.9. The number of phosphoric acid groups is 1. The third kappa shape index (κ3) is 73.4. The van der Waals surface area contributed by atoms with Crippen LogP contribution >= 0.6 is 7.82 Å². The van der Waals surface area contributed by atoms with Crippen LogP contribution in [0.15, 0.2) is 219 Å². The molecule has 2 atom stereocenters. The van der Waals surface area contributed by atoms with Gasteiger partial charge in [-0.25, -0.2) is 0 Å². The molecule has 0 saturated heterocycles. The van der Waals surface area contributed by atoms with Crippen LogP contribution in [0, 0.1) is 0 Å². The van der Waals surface area contributed by atoms with E-state index in [0.29, 0.717) is 23.9 Å². The van der Waals surface area contributed by atoms with Crippen molar-refractivity contribution >= 4 is 19.8 Å². The quantitative estimate of drug-likeness (QED) is 0.0195. The van der Waals surface area contributed by atoms with Crippen molar-refractivity contribution in [1.29, 1.82) is 0 Å². The summed E-state index contributed by atoms with van der Waals surface area (Å²) in [7, 11) is 1.11. The van der Waals surface area contributed by atoms with Crippen molar-refractivity contribution in [1.82, 2.24) is 0 Å². The van der Waals surface area contributed by atoms with E-state index in [1.54, 1.807) is 0 Å². The summed E-state index contributed by atoms with van der Waals surface area (Å²) in [5, 5.41) is 0. The first-order valence-corrected chi connectivity index (χ1v) is 36.9. The van der Waals surface area contributed by atoms with Crippen LogP contribution in [0.4, 0.5) is 0 Å². The lowest BCUT2D eigenvalue weighted by Crippen LogP contribution is -2.37. The highest BCUT2D eigenvalue weighted by atomic mass is 31.2. The lowest BCUT2D eigenvalue weighted by Gasteiger charge is -2.28. The molecular formula is C82H128NO8P. The van der Waals surface area contributed by atoms with Gasteiger partial charge in [0.15, 0.2) is 6.10 Å². The summed E-state index contributed by atoms with van der Waals surface area (Å²) in [6.45, 7) is 3.93. The zero-order valence-corrected chi connectivity index (χ0v) is 59.3. The molecule has 0 saturated carbocycles. The van der Waals surface area contributed by atoms with Crippen molar-refractivity contribution in [3.8, 4) is 0 Å². The molecule has 0 rings (SSSR count). The standard InChI is InChI=1S/C82H128NO8P/c1-6-8-10-12-14-16-18-20-22-24-26-28-30-32-34-36-38-39-40-41-42-43-45-47-49-51-53-55-57-59-61-63-65-67-69-71-73-75-82(85)91-80(79-90-92(86,87)89-77-76-83(3,4)5)78-88-81(84)74-72-70-68-66-64-62-60-58-56-54-52-50-48-46-44-37-35-33-31-29-27-25-23-21-19-17-15-13-11-9-7-2/h8-11,14-17,20-23,26-29,32-35,38-39,41-42,44-47,50-53,56,58,62,64,80H,6-7,12-13,18-19,24-25,30-31,36-37,40,43,48-49,54-55,57,59-61,63,65-79H2,1-5H3/b10-8-,11-9-,16-14-,17-15-,22-20-,23-21-,28-26-,29-27-,34-32-,35-33-,39-38-,42-41-,46-44-,47-45-,52-50-,53-51-,58-56-,64-62-. The summed E-state index contributed by atoms with van der Waals surface area (Å²) in [6, 6.07) is 0. The van der Waals surface area contributed by atoms with E-state index in [2.05, 4.69) is 233 Å². The van der Waals surface area contributed by atoms with Gasteiger partial charge < -0.3 is 27.9 Å². The molecule has 0 aliphatic carbocycles. The molecule has 0 aromatic rings. The minimum atomic E-state index is -4.67. The highest BCUT2D eigenvalue weighted by Gasteiger charge is 2.22. The van der Waals surface area contributed by atoms with Crippen molar-refractivity contribution < 1.29 is 42.1 Å². The number of phosphoric ester groups is 1. The summed E-state index contributed by atoms with van der Waals surface area (Å²) < 4.78 is 34.2. The van der Waals surface area contributed by atoms with Crippen molar-refractivity contribution in [2.45, 2.75) is 238 Å². The predicted molar refractivity (Wildman–Crippen MR) is 396 cm³/mol. The minimum Gasteiger partial charge on any atom is -0.756 e. The van der Waals surface area contributed by atoms with Crippen LogP contribution in [0.3, 0.4) is 0 Å². The number of unbranched alkanes of at least 4 members (excludes halogenated alkanes) is 12. The predicted octanol–water partition coefficient (Wildman–Crippen LogP) is 23.0. The zero-order valence-electron chi connectivity index (χ0n) is 58.4. The highest BCUT2D eigenvalue weighted by molar-refractivity contribution is 7.45. The van der Waals surface area contributed by atoms with E-state index in [0.717, 1.165) is 161 Å². The maximum atomic E-state index is 12.9. The van der Waals surface area contributed by atoms with E-state index >= 15 is 0 Å². The summed E-state index contributed by atoms with van der Waals surface area (Å²) in [5.41, 5.74) is 0. The topological polar surface area (TPSA) is 111 Å². The fourth-order valence-electron chi connectivity index (χ4n) is 8.64. The van der Waals surface area contributed by atoms with E-state index in [1.165, 1.54) is 32.1 Å². The number of quaternary nitrogens is 1. The van der Waals surface area contributed by atoms with Crippen LogP contribution in [-0.4, -0.2) is 70.0 Å². The molecule has 0 radical (unpaired) electrons. The Kier molecular flexibility index (Phi) is 65.4.